The first kappa shape index (κ1) is 35.4. The van der Waals surface area contributed by atoms with Gasteiger partial charge >= 0.3 is 11.9 Å². The third-order valence-electron chi connectivity index (χ3n) is 8.16. The number of hydrogen-bond acceptors (Lipinski definition) is 11. The van der Waals surface area contributed by atoms with E-state index in [1.165, 1.54) is 13.8 Å². The minimum absolute atomic E-state index is 0.0235. The summed E-state index contributed by atoms with van der Waals surface area (Å²) in [6, 6.07) is 8.53. The van der Waals surface area contributed by atoms with E-state index < -0.39 is 24.0 Å². The molecule has 0 radical (unpaired) electrons. The molecule has 3 aromatic rings. The van der Waals surface area contributed by atoms with Crippen molar-refractivity contribution in [1.29, 1.82) is 0 Å². The number of carbonyl (C=O) groups is 4. The number of carboxylic acid groups (broad SMARTS) is 2. The van der Waals surface area contributed by atoms with Gasteiger partial charge in [0.2, 0.25) is 17.2 Å². The zero-order chi connectivity index (χ0) is 34.1. The van der Waals surface area contributed by atoms with E-state index in [1.54, 1.807) is 30.3 Å². The fraction of sp³-hybridized carbons (Fsp3) is 0.500. The lowest BCUT2D eigenvalue weighted by atomic mass is 10.2. The Hall–Kier alpha value is -4.44. The van der Waals surface area contributed by atoms with E-state index in [2.05, 4.69) is 25.4 Å². The minimum atomic E-state index is -1.11. The van der Waals surface area contributed by atoms with Crippen LogP contribution < -0.4 is 16.1 Å². The molecule has 2 atom stereocenters. The van der Waals surface area contributed by atoms with Gasteiger partial charge in [-0.05, 0) is 45.2 Å². The molecular weight excluding hydrogens is 610 g/mol. The van der Waals surface area contributed by atoms with Crippen LogP contribution in [0.5, 0.6) is 0 Å². The summed E-state index contributed by atoms with van der Waals surface area (Å²) in [5.74, 6) is -3.00. The number of benzene rings is 1. The third kappa shape index (κ3) is 10.3. The number of fused-ring (bicyclic) bond motifs is 2. The first-order chi connectivity index (χ1) is 22.4. The Morgan fingerprint density at radius 1 is 0.766 bits per heavy atom. The lowest BCUT2D eigenvalue weighted by molar-refractivity contribution is -0.141. The number of nitrogens with one attached hydrogen (secondary N) is 2. The second kappa shape index (κ2) is 16.4. The van der Waals surface area contributed by atoms with Crippen LogP contribution >= 0.6 is 0 Å². The number of pyridine rings is 1. The van der Waals surface area contributed by atoms with E-state index in [-0.39, 0.29) is 35.8 Å². The number of nitrogens with zero attached hydrogens (tertiary/aromatic N) is 5. The van der Waals surface area contributed by atoms with Crippen LogP contribution in [0, 0.1) is 0 Å². The highest BCUT2D eigenvalue weighted by molar-refractivity contribution is 5.87. The average Bonchev–Trinajstić information content (AvgIpc) is 3.02. The predicted octanol–water partition coefficient (Wildman–Crippen LogP) is -0.129. The van der Waals surface area contributed by atoms with Crippen molar-refractivity contribution in [1.82, 2.24) is 35.2 Å². The minimum Gasteiger partial charge on any atom is -0.480 e. The van der Waals surface area contributed by atoms with Gasteiger partial charge in [0, 0.05) is 58.9 Å². The van der Waals surface area contributed by atoms with Crippen LogP contribution in [0.25, 0.3) is 22.1 Å². The number of aliphatic carboxylic acids is 2. The number of aromatic nitrogens is 1. The van der Waals surface area contributed by atoms with Gasteiger partial charge < -0.3 is 30.2 Å². The molecule has 0 spiro atoms. The monoisotopic (exact) mass is 653 g/mol. The lowest BCUT2D eigenvalue weighted by Gasteiger charge is -2.33. The highest BCUT2D eigenvalue weighted by Crippen LogP contribution is 2.18. The SMILES string of the molecule is CC(NC(=O)CN1CCN(C)CCN(CC(=O)NC(C)C(=O)O)CCN(Cc2ccc3oc4ccccc4c(=O)c3n2)CC1)C(=O)O. The summed E-state index contributed by atoms with van der Waals surface area (Å²) in [6.45, 7) is 7.55. The molecule has 1 fully saturated rings. The Morgan fingerprint density at radius 3 is 1.83 bits per heavy atom. The summed E-state index contributed by atoms with van der Waals surface area (Å²) < 4.78 is 5.92. The lowest BCUT2D eigenvalue weighted by Crippen LogP contribution is -2.50. The molecule has 1 aliphatic heterocycles. The normalized spacial score (nSPS) is 17.8. The second-order valence-electron chi connectivity index (χ2n) is 12.0. The van der Waals surface area contributed by atoms with Crippen molar-refractivity contribution < 1.29 is 33.8 Å². The van der Waals surface area contributed by atoms with Crippen molar-refractivity contribution >= 4 is 45.8 Å². The van der Waals surface area contributed by atoms with Crippen LogP contribution in [0.2, 0.25) is 0 Å². The molecule has 15 heteroatoms. The summed E-state index contributed by atoms with van der Waals surface area (Å²) >= 11 is 0. The summed E-state index contributed by atoms with van der Waals surface area (Å²) in [6.07, 6.45) is 0. The number of carboxylic acids is 2. The van der Waals surface area contributed by atoms with E-state index in [9.17, 15) is 34.2 Å². The molecule has 4 rings (SSSR count). The van der Waals surface area contributed by atoms with Crippen molar-refractivity contribution in [2.24, 2.45) is 0 Å². The first-order valence-electron chi connectivity index (χ1n) is 15.6. The first-order valence-corrected chi connectivity index (χ1v) is 15.6. The smallest absolute Gasteiger partial charge is 0.325 e. The molecular formula is C32H43N7O8. The molecule has 1 aliphatic rings. The van der Waals surface area contributed by atoms with Crippen molar-refractivity contribution in [2.45, 2.75) is 32.5 Å². The molecule has 0 bridgehead atoms. The van der Waals surface area contributed by atoms with Crippen molar-refractivity contribution in [3.05, 3.63) is 52.3 Å². The van der Waals surface area contributed by atoms with Gasteiger partial charge in [-0.15, -0.1) is 0 Å². The molecule has 47 heavy (non-hydrogen) atoms. The molecule has 0 saturated carbocycles. The summed E-state index contributed by atoms with van der Waals surface area (Å²) in [5, 5.41) is 23.9. The quantitative estimate of drug-likeness (QED) is 0.212. The van der Waals surface area contributed by atoms with Gasteiger partial charge in [0.25, 0.3) is 0 Å². The summed E-state index contributed by atoms with van der Waals surface area (Å²) in [5.41, 5.74) is 1.52. The highest BCUT2D eigenvalue weighted by Gasteiger charge is 2.22. The van der Waals surface area contributed by atoms with Gasteiger partial charge in [-0.1, -0.05) is 12.1 Å². The Morgan fingerprint density at radius 2 is 1.28 bits per heavy atom. The van der Waals surface area contributed by atoms with E-state index in [0.29, 0.717) is 81.1 Å². The molecule has 2 unspecified atom stereocenters. The number of hydrogen-bond donors (Lipinski definition) is 4. The highest BCUT2D eigenvalue weighted by atomic mass is 16.4. The van der Waals surface area contributed by atoms with Gasteiger partial charge in [-0.2, -0.15) is 0 Å². The van der Waals surface area contributed by atoms with E-state index in [1.807, 2.05) is 22.9 Å². The zero-order valence-electron chi connectivity index (χ0n) is 27.0. The maximum atomic E-state index is 13.2. The Labute approximate surface area is 272 Å². The van der Waals surface area contributed by atoms with Crippen LogP contribution in [-0.4, -0.2) is 143 Å². The van der Waals surface area contributed by atoms with Crippen LogP contribution in [0.15, 0.2) is 45.6 Å². The van der Waals surface area contributed by atoms with Crippen molar-refractivity contribution in [2.75, 3.05) is 72.5 Å². The number of likely N-dealkylation sites (N-methyl/N-ethyl adjacent to an activating group) is 1. The zero-order valence-corrected chi connectivity index (χ0v) is 27.0. The van der Waals surface area contributed by atoms with Crippen molar-refractivity contribution in [3.8, 4) is 0 Å². The molecule has 3 heterocycles. The standard InChI is InChI=1S/C32H43N7O8/c1-21(31(43)44)33-27(40)19-38-12-10-36(3)11-13-39(20-28(41)34-22(2)32(45)46)17-15-37(14-16-38)18-23-8-9-26-29(35-23)30(42)24-6-4-5-7-25(24)47-26/h4-9,21-22H,10-20H2,1-3H3,(H,33,40)(H,34,41)(H,43,44)(H,45,46). The predicted molar refractivity (Wildman–Crippen MR) is 174 cm³/mol. The molecule has 1 saturated heterocycles. The molecule has 2 amide bonds. The van der Waals surface area contributed by atoms with Crippen LogP contribution in [-0.2, 0) is 25.7 Å². The average molecular weight is 654 g/mol. The summed E-state index contributed by atoms with van der Waals surface area (Å²) in [4.78, 5) is 74.0. The Bertz CT molecular complexity index is 1590. The van der Waals surface area contributed by atoms with E-state index in [4.69, 9.17) is 4.42 Å². The number of rotatable bonds is 10. The number of amides is 2. The summed E-state index contributed by atoms with van der Waals surface area (Å²) in [7, 11) is 1.94. The van der Waals surface area contributed by atoms with Crippen LogP contribution in [0.3, 0.4) is 0 Å². The van der Waals surface area contributed by atoms with Crippen molar-refractivity contribution in [3.63, 3.8) is 0 Å². The maximum absolute atomic E-state index is 13.2. The van der Waals surface area contributed by atoms with Gasteiger partial charge in [0.05, 0.1) is 24.2 Å². The maximum Gasteiger partial charge on any atom is 0.325 e. The van der Waals surface area contributed by atoms with Gasteiger partial charge in [0.15, 0.2) is 11.1 Å². The molecule has 2 aromatic heterocycles. The molecule has 1 aromatic carbocycles. The molecule has 254 valence electrons. The molecule has 0 aliphatic carbocycles. The number of carbonyl (C=O) groups excluding carboxylic acids is 2. The largest absolute Gasteiger partial charge is 0.480 e. The third-order valence-corrected chi connectivity index (χ3v) is 8.16. The fourth-order valence-electron chi connectivity index (χ4n) is 5.25. The van der Waals surface area contributed by atoms with Gasteiger partial charge in [0.1, 0.15) is 17.7 Å². The van der Waals surface area contributed by atoms with E-state index in [0.717, 1.165) is 0 Å². The topological polar surface area (TPSA) is 189 Å². The Kier molecular flexibility index (Phi) is 12.4. The van der Waals surface area contributed by atoms with Crippen LogP contribution in [0.4, 0.5) is 0 Å². The molecule has 15 nitrogen and oxygen atoms in total. The molecule has 4 N–H and O–H groups in total. The van der Waals surface area contributed by atoms with Gasteiger partial charge in [-0.25, -0.2) is 4.98 Å². The van der Waals surface area contributed by atoms with Crippen LogP contribution in [0.1, 0.15) is 19.5 Å². The van der Waals surface area contributed by atoms with E-state index >= 15 is 0 Å². The van der Waals surface area contributed by atoms with Gasteiger partial charge in [-0.3, -0.25) is 38.7 Å². The fourth-order valence-corrected chi connectivity index (χ4v) is 5.25. The Balaban J connectivity index is 1.55. The number of para-hydroxylation sites is 1. The second-order valence-corrected chi connectivity index (χ2v) is 12.0.